The SMILES string of the molecule is C[C@@H]1CN(C(=O)CCC2CCNCC2)[C@@H](C)CO1. The molecule has 0 bridgehead atoms. The minimum absolute atomic E-state index is 0.184. The van der Waals surface area contributed by atoms with Crippen LogP contribution in [0.5, 0.6) is 0 Å². The van der Waals surface area contributed by atoms with Gasteiger partial charge in [0.25, 0.3) is 0 Å². The topological polar surface area (TPSA) is 41.6 Å². The van der Waals surface area contributed by atoms with Crippen LogP contribution in [-0.2, 0) is 9.53 Å². The highest BCUT2D eigenvalue weighted by atomic mass is 16.5. The number of hydrogen-bond donors (Lipinski definition) is 1. The zero-order valence-electron chi connectivity index (χ0n) is 11.7. The van der Waals surface area contributed by atoms with Crippen molar-refractivity contribution in [2.45, 2.75) is 51.7 Å². The molecule has 2 aliphatic rings. The molecule has 0 radical (unpaired) electrons. The van der Waals surface area contributed by atoms with E-state index >= 15 is 0 Å². The molecule has 0 saturated carbocycles. The van der Waals surface area contributed by atoms with Gasteiger partial charge in [0.15, 0.2) is 0 Å². The van der Waals surface area contributed by atoms with Crippen molar-refractivity contribution in [3.63, 3.8) is 0 Å². The van der Waals surface area contributed by atoms with Crippen LogP contribution in [0.25, 0.3) is 0 Å². The van der Waals surface area contributed by atoms with Crippen LogP contribution in [-0.4, -0.2) is 49.2 Å². The standard InChI is InChI=1S/C14H26N2O2/c1-11-10-18-12(2)9-16(11)14(17)4-3-13-5-7-15-8-6-13/h11-13,15H,3-10H2,1-2H3/t11-,12+/m0/s1. The summed E-state index contributed by atoms with van der Waals surface area (Å²) in [4.78, 5) is 14.3. The number of ether oxygens (including phenoxy) is 1. The molecule has 104 valence electrons. The van der Waals surface area contributed by atoms with Gasteiger partial charge in [-0.1, -0.05) is 0 Å². The molecule has 1 N–H and O–H groups in total. The van der Waals surface area contributed by atoms with E-state index in [1.165, 1.54) is 12.8 Å². The summed E-state index contributed by atoms with van der Waals surface area (Å²) < 4.78 is 5.56. The van der Waals surface area contributed by atoms with E-state index in [-0.39, 0.29) is 12.1 Å². The third-order valence-electron chi connectivity index (χ3n) is 4.15. The van der Waals surface area contributed by atoms with Gasteiger partial charge >= 0.3 is 0 Å². The van der Waals surface area contributed by atoms with E-state index in [2.05, 4.69) is 12.2 Å². The molecule has 0 aromatic carbocycles. The number of nitrogens with one attached hydrogen (secondary N) is 1. The first-order chi connectivity index (χ1) is 8.66. The van der Waals surface area contributed by atoms with Gasteiger partial charge in [0.2, 0.25) is 5.91 Å². The highest BCUT2D eigenvalue weighted by molar-refractivity contribution is 5.76. The number of morpholine rings is 1. The molecule has 0 spiro atoms. The Labute approximate surface area is 110 Å². The Morgan fingerprint density at radius 2 is 2.06 bits per heavy atom. The number of carbonyl (C=O) groups is 1. The molecular weight excluding hydrogens is 228 g/mol. The maximum Gasteiger partial charge on any atom is 0.222 e. The molecule has 18 heavy (non-hydrogen) atoms. The van der Waals surface area contributed by atoms with Gasteiger partial charge in [-0.05, 0) is 52.1 Å². The van der Waals surface area contributed by atoms with E-state index in [0.717, 1.165) is 32.0 Å². The zero-order chi connectivity index (χ0) is 13.0. The molecule has 2 aliphatic heterocycles. The van der Waals surface area contributed by atoms with Gasteiger partial charge in [0.1, 0.15) is 0 Å². The van der Waals surface area contributed by atoms with Gasteiger partial charge < -0.3 is 15.0 Å². The molecule has 2 fully saturated rings. The molecule has 2 saturated heterocycles. The Kier molecular flexibility index (Phi) is 5.01. The molecule has 0 unspecified atom stereocenters. The predicted octanol–water partition coefficient (Wildman–Crippen LogP) is 1.40. The van der Waals surface area contributed by atoms with Gasteiger partial charge in [-0.2, -0.15) is 0 Å². The van der Waals surface area contributed by atoms with Crippen molar-refractivity contribution in [3.8, 4) is 0 Å². The van der Waals surface area contributed by atoms with E-state index in [9.17, 15) is 4.79 Å². The summed E-state index contributed by atoms with van der Waals surface area (Å²) in [6, 6.07) is 0.238. The fourth-order valence-electron chi connectivity index (χ4n) is 2.89. The molecule has 2 atom stereocenters. The average molecular weight is 254 g/mol. The summed E-state index contributed by atoms with van der Waals surface area (Å²) in [5.74, 6) is 1.06. The van der Waals surface area contributed by atoms with E-state index in [0.29, 0.717) is 18.9 Å². The lowest BCUT2D eigenvalue weighted by Crippen LogP contribution is -2.50. The lowest BCUT2D eigenvalue weighted by molar-refractivity contribution is -0.143. The molecule has 0 aromatic rings. The Bertz CT molecular complexity index is 277. The second-order valence-corrected chi connectivity index (χ2v) is 5.77. The van der Waals surface area contributed by atoms with Crippen molar-refractivity contribution in [1.82, 2.24) is 10.2 Å². The summed E-state index contributed by atoms with van der Waals surface area (Å²) in [5.41, 5.74) is 0. The van der Waals surface area contributed by atoms with Crippen molar-refractivity contribution in [2.75, 3.05) is 26.2 Å². The van der Waals surface area contributed by atoms with Crippen molar-refractivity contribution >= 4 is 5.91 Å². The van der Waals surface area contributed by atoms with Crippen LogP contribution in [0, 0.1) is 5.92 Å². The first-order valence-corrected chi connectivity index (χ1v) is 7.28. The number of hydrogen-bond acceptors (Lipinski definition) is 3. The fourth-order valence-corrected chi connectivity index (χ4v) is 2.89. The molecule has 0 aliphatic carbocycles. The van der Waals surface area contributed by atoms with Crippen LogP contribution in [0.3, 0.4) is 0 Å². The second kappa shape index (κ2) is 6.53. The van der Waals surface area contributed by atoms with Crippen molar-refractivity contribution in [2.24, 2.45) is 5.92 Å². The largest absolute Gasteiger partial charge is 0.375 e. The maximum absolute atomic E-state index is 12.3. The Balaban J connectivity index is 1.75. The van der Waals surface area contributed by atoms with Crippen LogP contribution in [0.4, 0.5) is 0 Å². The molecule has 4 heteroatoms. The normalized spacial score (nSPS) is 30.4. The summed E-state index contributed by atoms with van der Waals surface area (Å²) in [5, 5.41) is 3.37. The van der Waals surface area contributed by atoms with Gasteiger partial charge in [0.05, 0.1) is 18.8 Å². The van der Waals surface area contributed by atoms with Crippen molar-refractivity contribution in [3.05, 3.63) is 0 Å². The Morgan fingerprint density at radius 1 is 1.33 bits per heavy atom. The third kappa shape index (κ3) is 3.69. The summed E-state index contributed by atoms with van der Waals surface area (Å²) >= 11 is 0. The molecule has 0 aromatic heterocycles. The molecule has 4 nitrogen and oxygen atoms in total. The minimum atomic E-state index is 0.184. The summed E-state index contributed by atoms with van der Waals surface area (Å²) in [6.07, 6.45) is 4.40. The highest BCUT2D eigenvalue weighted by Crippen LogP contribution is 2.20. The second-order valence-electron chi connectivity index (χ2n) is 5.77. The van der Waals surface area contributed by atoms with Crippen molar-refractivity contribution in [1.29, 1.82) is 0 Å². The number of amides is 1. The summed E-state index contributed by atoms with van der Waals surface area (Å²) in [7, 11) is 0. The van der Waals surface area contributed by atoms with Crippen LogP contribution >= 0.6 is 0 Å². The predicted molar refractivity (Wildman–Crippen MR) is 71.4 cm³/mol. The highest BCUT2D eigenvalue weighted by Gasteiger charge is 2.27. The smallest absolute Gasteiger partial charge is 0.222 e. The fraction of sp³-hybridized carbons (Fsp3) is 0.929. The van der Waals surface area contributed by atoms with Gasteiger partial charge in [-0.3, -0.25) is 4.79 Å². The number of rotatable bonds is 3. The summed E-state index contributed by atoms with van der Waals surface area (Å²) in [6.45, 7) is 7.79. The Hall–Kier alpha value is -0.610. The Morgan fingerprint density at radius 3 is 2.78 bits per heavy atom. The van der Waals surface area contributed by atoms with Gasteiger partial charge in [-0.25, -0.2) is 0 Å². The molecule has 2 heterocycles. The molecule has 1 amide bonds. The lowest BCUT2D eigenvalue weighted by Gasteiger charge is -2.37. The number of piperidine rings is 1. The average Bonchev–Trinajstić information content (AvgIpc) is 2.40. The lowest BCUT2D eigenvalue weighted by atomic mass is 9.93. The first kappa shape index (κ1) is 13.8. The zero-order valence-corrected chi connectivity index (χ0v) is 11.7. The van der Waals surface area contributed by atoms with E-state index in [4.69, 9.17) is 4.74 Å². The molecule has 2 rings (SSSR count). The first-order valence-electron chi connectivity index (χ1n) is 7.28. The van der Waals surface area contributed by atoms with Crippen LogP contribution in [0.2, 0.25) is 0 Å². The van der Waals surface area contributed by atoms with Crippen LogP contribution in [0.15, 0.2) is 0 Å². The minimum Gasteiger partial charge on any atom is -0.375 e. The number of nitrogens with zero attached hydrogens (tertiary/aromatic N) is 1. The maximum atomic E-state index is 12.3. The monoisotopic (exact) mass is 254 g/mol. The van der Waals surface area contributed by atoms with E-state index < -0.39 is 0 Å². The third-order valence-corrected chi connectivity index (χ3v) is 4.15. The molecular formula is C14H26N2O2. The van der Waals surface area contributed by atoms with Gasteiger partial charge in [0, 0.05) is 13.0 Å². The van der Waals surface area contributed by atoms with E-state index in [1.807, 2.05) is 11.8 Å². The van der Waals surface area contributed by atoms with Crippen molar-refractivity contribution < 1.29 is 9.53 Å². The van der Waals surface area contributed by atoms with Crippen LogP contribution in [0.1, 0.15) is 39.5 Å². The quantitative estimate of drug-likeness (QED) is 0.828. The van der Waals surface area contributed by atoms with Gasteiger partial charge in [-0.15, -0.1) is 0 Å². The number of carbonyl (C=O) groups excluding carboxylic acids is 1. The van der Waals surface area contributed by atoms with E-state index in [1.54, 1.807) is 0 Å². The van der Waals surface area contributed by atoms with Crippen LogP contribution < -0.4 is 5.32 Å².